The van der Waals surface area contributed by atoms with Crippen LogP contribution in [-0.4, -0.2) is 23.7 Å². The minimum absolute atomic E-state index is 0.134. The van der Waals surface area contributed by atoms with Crippen LogP contribution in [0.1, 0.15) is 30.9 Å². The third-order valence-electron chi connectivity index (χ3n) is 3.22. The Kier molecular flexibility index (Phi) is 4.91. The van der Waals surface area contributed by atoms with Crippen molar-refractivity contribution in [1.82, 2.24) is 5.32 Å². The Balaban J connectivity index is 1.96. The average Bonchev–Trinajstić information content (AvgIpc) is 2.31. The fourth-order valence-corrected chi connectivity index (χ4v) is 2.56. The number of hydrogen-bond donors (Lipinski definition) is 3. The van der Waals surface area contributed by atoms with Gasteiger partial charge in [0.15, 0.2) is 5.96 Å². The van der Waals surface area contributed by atoms with Gasteiger partial charge in [0.2, 0.25) is 0 Å². The smallest absolute Gasteiger partial charge is 0.188 e. The topological polar surface area (TPSA) is 70.6 Å². The maximum atomic E-state index is 10.1. The van der Waals surface area contributed by atoms with E-state index in [9.17, 15) is 5.11 Å². The summed E-state index contributed by atoms with van der Waals surface area (Å²) in [5.41, 5.74) is 6.24. The third-order valence-corrected chi connectivity index (χ3v) is 3.88. The molecule has 0 aromatic heterocycles. The molecule has 19 heavy (non-hydrogen) atoms. The van der Waals surface area contributed by atoms with Crippen LogP contribution in [0.4, 0.5) is 0 Å². The minimum atomic E-state index is -0.858. The second kappa shape index (κ2) is 6.46. The molecule has 1 unspecified atom stereocenters. The van der Waals surface area contributed by atoms with Crippen molar-refractivity contribution >= 4 is 29.2 Å². The van der Waals surface area contributed by atoms with Gasteiger partial charge in [-0.25, -0.2) is 0 Å². The molecule has 2 rings (SSSR count). The number of nitrogens with zero attached hydrogens (tertiary/aromatic N) is 1. The van der Waals surface area contributed by atoms with E-state index in [-0.39, 0.29) is 6.54 Å². The van der Waals surface area contributed by atoms with Crippen LogP contribution in [0.3, 0.4) is 0 Å². The van der Waals surface area contributed by atoms with E-state index in [2.05, 4.69) is 10.3 Å². The Labute approximate surface area is 122 Å². The van der Waals surface area contributed by atoms with Gasteiger partial charge < -0.3 is 16.2 Å². The van der Waals surface area contributed by atoms with Gasteiger partial charge in [-0.1, -0.05) is 29.3 Å². The molecule has 0 radical (unpaired) electrons. The molecule has 1 saturated carbocycles. The molecule has 1 fully saturated rings. The lowest BCUT2D eigenvalue weighted by molar-refractivity contribution is 0.187. The first-order chi connectivity index (χ1) is 9.08. The second-order valence-electron chi connectivity index (χ2n) is 4.65. The number of halogens is 2. The molecule has 4 nitrogen and oxygen atoms in total. The lowest BCUT2D eigenvalue weighted by atomic mass is 9.93. The highest BCUT2D eigenvalue weighted by molar-refractivity contribution is 6.36. The van der Waals surface area contributed by atoms with E-state index in [0.29, 0.717) is 27.6 Å². The van der Waals surface area contributed by atoms with Crippen LogP contribution in [0.5, 0.6) is 0 Å². The van der Waals surface area contributed by atoms with E-state index in [4.69, 9.17) is 28.9 Å². The van der Waals surface area contributed by atoms with E-state index in [0.717, 1.165) is 12.8 Å². The van der Waals surface area contributed by atoms with Crippen molar-refractivity contribution in [3.05, 3.63) is 33.8 Å². The van der Waals surface area contributed by atoms with Gasteiger partial charge in [-0.05, 0) is 31.4 Å². The van der Waals surface area contributed by atoms with E-state index < -0.39 is 6.10 Å². The highest BCUT2D eigenvalue weighted by atomic mass is 35.5. The first-order valence-electron chi connectivity index (χ1n) is 6.26. The number of guanidine groups is 1. The Morgan fingerprint density at radius 1 is 1.42 bits per heavy atom. The summed E-state index contributed by atoms with van der Waals surface area (Å²) in [6.07, 6.45) is 2.61. The van der Waals surface area contributed by atoms with E-state index in [1.54, 1.807) is 18.2 Å². The Hall–Kier alpha value is -0.970. The summed E-state index contributed by atoms with van der Waals surface area (Å²) in [6, 6.07) is 5.53. The predicted octanol–water partition coefficient (Wildman–Crippen LogP) is 2.48. The van der Waals surface area contributed by atoms with Crippen molar-refractivity contribution in [2.75, 3.05) is 6.54 Å². The van der Waals surface area contributed by atoms with Gasteiger partial charge in [-0.3, -0.25) is 4.99 Å². The molecule has 4 N–H and O–H groups in total. The van der Waals surface area contributed by atoms with Crippen molar-refractivity contribution in [1.29, 1.82) is 0 Å². The fourth-order valence-electron chi connectivity index (χ4n) is 1.91. The molecule has 0 aliphatic heterocycles. The molecule has 6 heteroatoms. The highest BCUT2D eigenvalue weighted by Crippen LogP contribution is 2.30. The standard InChI is InChI=1S/C13H17Cl2N3O/c14-9-5-2-6-10(15)12(9)11(19)7-17-13(16)18-8-3-1-4-8/h2,5-6,8,11,19H,1,3-4,7H2,(H3,16,17,18). The second-order valence-corrected chi connectivity index (χ2v) is 5.46. The molecule has 1 atom stereocenters. The summed E-state index contributed by atoms with van der Waals surface area (Å²) in [7, 11) is 0. The molecule has 0 heterocycles. The Morgan fingerprint density at radius 3 is 2.58 bits per heavy atom. The third kappa shape index (κ3) is 3.75. The van der Waals surface area contributed by atoms with Crippen LogP contribution in [-0.2, 0) is 0 Å². The summed E-state index contributed by atoms with van der Waals surface area (Å²) < 4.78 is 0. The van der Waals surface area contributed by atoms with E-state index in [1.807, 2.05) is 0 Å². The van der Waals surface area contributed by atoms with Crippen LogP contribution in [0.2, 0.25) is 10.0 Å². The summed E-state index contributed by atoms with van der Waals surface area (Å²) >= 11 is 12.0. The summed E-state index contributed by atoms with van der Waals surface area (Å²) in [6.45, 7) is 0.134. The molecule has 0 spiro atoms. The number of rotatable bonds is 4. The molecule has 1 aliphatic rings. The SMILES string of the molecule is NC(=NCC(O)c1c(Cl)cccc1Cl)NC1CCC1. The molecule has 0 bridgehead atoms. The monoisotopic (exact) mass is 301 g/mol. The molecular weight excluding hydrogens is 285 g/mol. The lowest BCUT2D eigenvalue weighted by Gasteiger charge is -2.26. The molecule has 0 saturated heterocycles. The number of hydrogen-bond acceptors (Lipinski definition) is 2. The largest absolute Gasteiger partial charge is 0.386 e. The fraction of sp³-hybridized carbons (Fsp3) is 0.462. The number of nitrogens with two attached hydrogens (primary N) is 1. The number of aliphatic imine (C=N–C) groups is 1. The zero-order valence-corrected chi connectivity index (χ0v) is 12.0. The van der Waals surface area contributed by atoms with Gasteiger partial charge in [-0.2, -0.15) is 0 Å². The summed E-state index contributed by atoms with van der Waals surface area (Å²) in [4.78, 5) is 4.12. The van der Waals surface area contributed by atoms with Gasteiger partial charge in [0.1, 0.15) is 6.10 Å². The number of nitrogens with one attached hydrogen (secondary N) is 1. The maximum Gasteiger partial charge on any atom is 0.188 e. The zero-order chi connectivity index (χ0) is 13.8. The van der Waals surface area contributed by atoms with Crippen molar-refractivity contribution < 1.29 is 5.11 Å². The normalized spacial score (nSPS) is 17.9. The van der Waals surface area contributed by atoms with Gasteiger partial charge in [-0.15, -0.1) is 0 Å². The predicted molar refractivity (Wildman–Crippen MR) is 78.7 cm³/mol. The first-order valence-corrected chi connectivity index (χ1v) is 7.02. The minimum Gasteiger partial charge on any atom is -0.386 e. The van der Waals surface area contributed by atoms with Crippen molar-refractivity contribution in [3.63, 3.8) is 0 Å². The van der Waals surface area contributed by atoms with E-state index >= 15 is 0 Å². The zero-order valence-electron chi connectivity index (χ0n) is 10.4. The van der Waals surface area contributed by atoms with Crippen molar-refractivity contribution in [3.8, 4) is 0 Å². The Morgan fingerprint density at radius 2 is 2.05 bits per heavy atom. The van der Waals surface area contributed by atoms with Crippen LogP contribution in [0, 0.1) is 0 Å². The van der Waals surface area contributed by atoms with Crippen LogP contribution < -0.4 is 11.1 Å². The van der Waals surface area contributed by atoms with Gasteiger partial charge >= 0.3 is 0 Å². The summed E-state index contributed by atoms with van der Waals surface area (Å²) in [5.74, 6) is 0.354. The number of aliphatic hydroxyl groups is 1. The number of benzene rings is 1. The van der Waals surface area contributed by atoms with E-state index in [1.165, 1.54) is 6.42 Å². The van der Waals surface area contributed by atoms with Crippen LogP contribution in [0.15, 0.2) is 23.2 Å². The van der Waals surface area contributed by atoms with Crippen LogP contribution >= 0.6 is 23.2 Å². The molecule has 104 valence electrons. The molecule has 1 aromatic rings. The quantitative estimate of drug-likeness (QED) is 0.591. The highest BCUT2D eigenvalue weighted by Gasteiger charge is 2.18. The van der Waals surface area contributed by atoms with Crippen molar-refractivity contribution in [2.45, 2.75) is 31.4 Å². The molecule has 1 aromatic carbocycles. The Bertz CT molecular complexity index is 455. The van der Waals surface area contributed by atoms with Crippen LogP contribution in [0.25, 0.3) is 0 Å². The average molecular weight is 302 g/mol. The number of aliphatic hydroxyl groups excluding tert-OH is 1. The molecule has 1 aliphatic carbocycles. The lowest BCUT2D eigenvalue weighted by Crippen LogP contribution is -2.43. The molecule has 0 amide bonds. The maximum absolute atomic E-state index is 10.1. The molecular formula is C13H17Cl2N3O. The van der Waals surface area contributed by atoms with Crippen molar-refractivity contribution in [2.24, 2.45) is 10.7 Å². The van der Waals surface area contributed by atoms with Gasteiger partial charge in [0.05, 0.1) is 6.54 Å². The first kappa shape index (κ1) is 14.4. The van der Waals surface area contributed by atoms with Gasteiger partial charge in [0.25, 0.3) is 0 Å². The van der Waals surface area contributed by atoms with Gasteiger partial charge in [0, 0.05) is 21.7 Å². The summed E-state index contributed by atoms with van der Waals surface area (Å²) in [5, 5.41) is 14.0.